The first kappa shape index (κ1) is 13.1. The molecule has 2 N–H and O–H groups in total. The minimum Gasteiger partial charge on any atom is -0.461 e. The zero-order chi connectivity index (χ0) is 11.6. The van der Waals surface area contributed by atoms with Gasteiger partial charge in [-0.25, -0.2) is 9.78 Å². The van der Waals surface area contributed by atoms with Crippen LogP contribution < -0.4 is 10.6 Å². The molecule has 0 spiro atoms. The van der Waals surface area contributed by atoms with Gasteiger partial charge in [0.2, 0.25) is 5.01 Å². The molecule has 0 aliphatic carbocycles. The van der Waals surface area contributed by atoms with Gasteiger partial charge in [0.05, 0.1) is 6.61 Å². The highest BCUT2D eigenvalue weighted by molar-refractivity contribution is 7.11. The van der Waals surface area contributed by atoms with Crippen LogP contribution in [0.15, 0.2) is 11.6 Å². The van der Waals surface area contributed by atoms with Gasteiger partial charge in [-0.05, 0) is 6.92 Å². The number of aromatic nitrogens is 1. The highest BCUT2D eigenvalue weighted by Crippen LogP contribution is 2.04. The van der Waals surface area contributed by atoms with Gasteiger partial charge in [0, 0.05) is 37.8 Å². The molecule has 2 heterocycles. The van der Waals surface area contributed by atoms with Crippen molar-refractivity contribution in [3.05, 3.63) is 16.6 Å². The number of carbonyl (C=O) groups is 1. The van der Waals surface area contributed by atoms with Crippen molar-refractivity contribution in [2.24, 2.45) is 0 Å². The molecule has 1 saturated heterocycles. The summed E-state index contributed by atoms with van der Waals surface area (Å²) in [6.07, 6.45) is 1.58. The summed E-state index contributed by atoms with van der Waals surface area (Å²) < 4.78 is 4.70. The van der Waals surface area contributed by atoms with Crippen LogP contribution in [-0.2, 0) is 4.74 Å². The number of piperazine rings is 1. The lowest BCUT2D eigenvalue weighted by Gasteiger charge is -2.11. The van der Waals surface area contributed by atoms with E-state index in [4.69, 9.17) is 4.74 Å². The van der Waals surface area contributed by atoms with Gasteiger partial charge in [0.1, 0.15) is 0 Å². The van der Waals surface area contributed by atoms with Gasteiger partial charge in [0.15, 0.2) is 0 Å². The second kappa shape index (κ2) is 8.20. The quantitative estimate of drug-likeness (QED) is 0.741. The summed E-state index contributed by atoms with van der Waals surface area (Å²) in [6.45, 7) is 6.73. The Labute approximate surface area is 99.2 Å². The standard InChI is InChI=1S/C6H7NO2S.C4H10N2/c1-2-9-6(8)5-7-3-4-10-5;1-2-6-4-3-5-1/h3-4H,2H2,1H3;5-6H,1-4H2. The zero-order valence-electron chi connectivity index (χ0n) is 9.36. The van der Waals surface area contributed by atoms with Crippen LogP contribution in [0.3, 0.4) is 0 Å². The fourth-order valence-electron chi connectivity index (χ4n) is 1.12. The van der Waals surface area contributed by atoms with Crippen molar-refractivity contribution in [2.45, 2.75) is 6.92 Å². The van der Waals surface area contributed by atoms with Crippen molar-refractivity contribution in [3.63, 3.8) is 0 Å². The SMILES string of the molecule is C1CNCCN1.CCOC(=O)c1nccs1. The molecular weight excluding hydrogens is 226 g/mol. The molecule has 0 amide bonds. The highest BCUT2D eigenvalue weighted by Gasteiger charge is 2.06. The Morgan fingerprint density at radius 1 is 1.44 bits per heavy atom. The van der Waals surface area contributed by atoms with Gasteiger partial charge in [-0.1, -0.05) is 0 Å². The monoisotopic (exact) mass is 243 g/mol. The van der Waals surface area contributed by atoms with E-state index in [0.717, 1.165) is 26.2 Å². The van der Waals surface area contributed by atoms with E-state index in [1.54, 1.807) is 18.5 Å². The molecule has 2 rings (SSSR count). The zero-order valence-corrected chi connectivity index (χ0v) is 10.2. The summed E-state index contributed by atoms with van der Waals surface area (Å²) in [5.74, 6) is -0.336. The second-order valence-corrected chi connectivity index (χ2v) is 3.95. The van der Waals surface area contributed by atoms with Gasteiger partial charge < -0.3 is 15.4 Å². The second-order valence-electron chi connectivity index (χ2n) is 3.06. The van der Waals surface area contributed by atoms with Gasteiger partial charge in [-0.3, -0.25) is 0 Å². The summed E-state index contributed by atoms with van der Waals surface area (Å²) in [5.41, 5.74) is 0. The number of rotatable bonds is 2. The van der Waals surface area contributed by atoms with E-state index in [2.05, 4.69) is 15.6 Å². The van der Waals surface area contributed by atoms with Crippen LogP contribution in [0.5, 0.6) is 0 Å². The minimum absolute atomic E-state index is 0.336. The number of carbonyl (C=O) groups excluding carboxylic acids is 1. The van der Waals surface area contributed by atoms with E-state index >= 15 is 0 Å². The van der Waals surface area contributed by atoms with Crippen LogP contribution >= 0.6 is 11.3 Å². The topological polar surface area (TPSA) is 63.2 Å². The molecule has 1 aliphatic rings. The molecule has 0 unspecified atom stereocenters. The number of esters is 1. The van der Waals surface area contributed by atoms with Crippen molar-refractivity contribution in [2.75, 3.05) is 32.8 Å². The average Bonchev–Trinajstić information content (AvgIpc) is 2.86. The Morgan fingerprint density at radius 2 is 2.06 bits per heavy atom. The highest BCUT2D eigenvalue weighted by atomic mass is 32.1. The molecule has 0 saturated carbocycles. The fraction of sp³-hybridized carbons (Fsp3) is 0.600. The average molecular weight is 243 g/mol. The molecule has 0 radical (unpaired) electrons. The maximum absolute atomic E-state index is 10.8. The lowest BCUT2D eigenvalue weighted by Crippen LogP contribution is -2.39. The summed E-state index contributed by atoms with van der Waals surface area (Å²) in [7, 11) is 0. The normalized spacial score (nSPS) is 14.8. The first-order chi connectivity index (χ1) is 7.84. The van der Waals surface area contributed by atoms with E-state index in [9.17, 15) is 4.79 Å². The van der Waals surface area contributed by atoms with Crippen LogP contribution in [0.4, 0.5) is 0 Å². The van der Waals surface area contributed by atoms with Crippen LogP contribution in [-0.4, -0.2) is 43.7 Å². The third kappa shape index (κ3) is 5.20. The molecule has 1 aromatic rings. The number of nitrogens with one attached hydrogen (secondary N) is 2. The van der Waals surface area contributed by atoms with Crippen molar-refractivity contribution < 1.29 is 9.53 Å². The molecule has 0 bridgehead atoms. The van der Waals surface area contributed by atoms with Gasteiger partial charge in [0.25, 0.3) is 0 Å². The molecule has 90 valence electrons. The summed E-state index contributed by atoms with van der Waals surface area (Å²) in [4.78, 5) is 14.6. The first-order valence-electron chi connectivity index (χ1n) is 5.32. The van der Waals surface area contributed by atoms with Crippen molar-refractivity contribution >= 4 is 17.3 Å². The van der Waals surface area contributed by atoms with E-state index < -0.39 is 0 Å². The van der Waals surface area contributed by atoms with Crippen molar-refractivity contribution in [1.82, 2.24) is 15.6 Å². The van der Waals surface area contributed by atoms with E-state index in [-0.39, 0.29) is 5.97 Å². The maximum atomic E-state index is 10.8. The Balaban J connectivity index is 0.000000181. The lowest BCUT2D eigenvalue weighted by atomic mass is 10.4. The van der Waals surface area contributed by atoms with Gasteiger partial charge >= 0.3 is 5.97 Å². The predicted octanol–water partition coefficient (Wildman–Crippen LogP) is 0.499. The minimum atomic E-state index is -0.336. The smallest absolute Gasteiger partial charge is 0.367 e. The van der Waals surface area contributed by atoms with E-state index in [1.165, 1.54) is 11.3 Å². The van der Waals surface area contributed by atoms with Crippen LogP contribution in [0, 0.1) is 0 Å². The summed E-state index contributed by atoms with van der Waals surface area (Å²) in [5, 5.41) is 8.61. The maximum Gasteiger partial charge on any atom is 0.367 e. The fourth-order valence-corrected chi connectivity index (χ4v) is 1.65. The lowest BCUT2D eigenvalue weighted by molar-refractivity contribution is 0.0526. The Kier molecular flexibility index (Phi) is 6.71. The third-order valence-electron chi connectivity index (χ3n) is 1.84. The molecule has 5 nitrogen and oxygen atoms in total. The first-order valence-corrected chi connectivity index (χ1v) is 6.20. The molecule has 6 heteroatoms. The number of nitrogens with zero attached hydrogens (tertiary/aromatic N) is 1. The third-order valence-corrected chi connectivity index (χ3v) is 2.59. The van der Waals surface area contributed by atoms with Crippen molar-refractivity contribution in [1.29, 1.82) is 0 Å². The van der Waals surface area contributed by atoms with Crippen LogP contribution in [0.2, 0.25) is 0 Å². The van der Waals surface area contributed by atoms with E-state index in [0.29, 0.717) is 11.6 Å². The Morgan fingerprint density at radius 3 is 2.44 bits per heavy atom. The summed E-state index contributed by atoms with van der Waals surface area (Å²) >= 11 is 1.29. The van der Waals surface area contributed by atoms with E-state index in [1.807, 2.05) is 0 Å². The Bertz CT molecular complexity index is 275. The van der Waals surface area contributed by atoms with Crippen LogP contribution in [0.1, 0.15) is 16.7 Å². The van der Waals surface area contributed by atoms with Crippen molar-refractivity contribution in [3.8, 4) is 0 Å². The summed E-state index contributed by atoms with van der Waals surface area (Å²) in [6, 6.07) is 0. The number of ether oxygens (including phenoxy) is 1. The molecule has 16 heavy (non-hydrogen) atoms. The predicted molar refractivity (Wildman–Crippen MR) is 63.8 cm³/mol. The Hall–Kier alpha value is -0.980. The molecule has 1 aromatic heterocycles. The largest absolute Gasteiger partial charge is 0.461 e. The van der Waals surface area contributed by atoms with Gasteiger partial charge in [-0.15, -0.1) is 11.3 Å². The molecule has 1 aliphatic heterocycles. The van der Waals surface area contributed by atoms with Crippen LogP contribution in [0.25, 0.3) is 0 Å². The molecule has 0 aromatic carbocycles. The number of hydrogen-bond donors (Lipinski definition) is 2. The molecule has 0 atom stereocenters. The van der Waals surface area contributed by atoms with Gasteiger partial charge in [-0.2, -0.15) is 0 Å². The molecular formula is C10H17N3O2S. The molecule has 1 fully saturated rings. The number of thiazole rings is 1. The number of hydrogen-bond acceptors (Lipinski definition) is 6.